The van der Waals surface area contributed by atoms with E-state index in [2.05, 4.69) is 10.3 Å². The first-order chi connectivity index (χ1) is 10.1. The average molecular weight is 295 g/mol. The smallest absolute Gasteiger partial charge is 0.358 e. The Kier molecular flexibility index (Phi) is 3.95. The predicted octanol–water partition coefficient (Wildman–Crippen LogP) is 1.61. The first-order valence-corrected chi connectivity index (χ1v) is 7.46. The monoisotopic (exact) mass is 295 g/mol. The van der Waals surface area contributed by atoms with Gasteiger partial charge in [0.2, 0.25) is 0 Å². The first-order valence-electron chi connectivity index (χ1n) is 7.46. The van der Waals surface area contributed by atoms with Crippen LogP contribution in [0.3, 0.4) is 0 Å². The van der Waals surface area contributed by atoms with Gasteiger partial charge in [-0.15, -0.1) is 5.10 Å². The third-order valence-electron chi connectivity index (χ3n) is 4.55. The summed E-state index contributed by atoms with van der Waals surface area (Å²) in [6, 6.07) is 0. The van der Waals surface area contributed by atoms with Gasteiger partial charge in [-0.25, -0.2) is 9.48 Å². The van der Waals surface area contributed by atoms with Crippen LogP contribution in [0.15, 0.2) is 0 Å². The van der Waals surface area contributed by atoms with Gasteiger partial charge < -0.3 is 14.6 Å². The zero-order valence-electron chi connectivity index (χ0n) is 12.2. The van der Waals surface area contributed by atoms with Crippen molar-refractivity contribution in [3.63, 3.8) is 0 Å². The Balaban J connectivity index is 1.72. The maximum atomic E-state index is 11.1. The number of aromatic carboxylic acids is 1. The van der Waals surface area contributed by atoms with Gasteiger partial charge in [0.15, 0.2) is 5.69 Å². The molecule has 1 aromatic heterocycles. The first kappa shape index (κ1) is 14.5. The molecule has 1 aliphatic heterocycles. The Labute approximate surface area is 123 Å². The molecule has 116 valence electrons. The molecule has 7 nitrogen and oxygen atoms in total. The summed E-state index contributed by atoms with van der Waals surface area (Å²) in [4.78, 5) is 11.1. The molecule has 1 N–H and O–H groups in total. The second-order valence-corrected chi connectivity index (χ2v) is 5.97. The third kappa shape index (κ3) is 2.80. The molecule has 7 heteroatoms. The number of rotatable bonds is 5. The molecule has 2 aliphatic rings. The summed E-state index contributed by atoms with van der Waals surface area (Å²) in [5, 5.41) is 16.8. The van der Waals surface area contributed by atoms with Crippen LogP contribution in [-0.4, -0.2) is 44.9 Å². The average Bonchev–Trinajstić information content (AvgIpc) is 3.15. The number of aromatic nitrogens is 3. The highest BCUT2D eigenvalue weighted by Crippen LogP contribution is 2.43. The minimum absolute atomic E-state index is 0.0366. The van der Waals surface area contributed by atoms with Crippen molar-refractivity contribution in [1.29, 1.82) is 0 Å². The van der Waals surface area contributed by atoms with Crippen molar-refractivity contribution in [2.24, 2.45) is 0 Å². The summed E-state index contributed by atoms with van der Waals surface area (Å²) in [7, 11) is 1.53. The quantitative estimate of drug-likeness (QED) is 0.888. The predicted molar refractivity (Wildman–Crippen MR) is 73.0 cm³/mol. The van der Waals surface area contributed by atoms with Crippen molar-refractivity contribution >= 4 is 5.97 Å². The Morgan fingerprint density at radius 2 is 2.24 bits per heavy atom. The van der Waals surface area contributed by atoms with Crippen LogP contribution in [0.2, 0.25) is 0 Å². The molecule has 0 aromatic carbocycles. The molecule has 1 saturated heterocycles. The van der Waals surface area contributed by atoms with Gasteiger partial charge in [0.05, 0.1) is 30.6 Å². The van der Waals surface area contributed by atoms with E-state index in [0.717, 1.165) is 25.7 Å². The molecule has 2 fully saturated rings. The summed E-state index contributed by atoms with van der Waals surface area (Å²) in [5.74, 6) is -1.08. The molecule has 1 atom stereocenters. The van der Waals surface area contributed by atoms with Crippen LogP contribution >= 0.6 is 0 Å². The fourth-order valence-corrected chi connectivity index (χ4v) is 3.53. The van der Waals surface area contributed by atoms with E-state index in [-0.39, 0.29) is 24.0 Å². The van der Waals surface area contributed by atoms with Crippen LogP contribution in [0.4, 0.5) is 0 Å². The summed E-state index contributed by atoms with van der Waals surface area (Å²) in [6.07, 6.45) is 6.95. The van der Waals surface area contributed by atoms with Gasteiger partial charge in [-0.2, -0.15) is 0 Å². The lowest BCUT2D eigenvalue weighted by molar-refractivity contribution is -0.0436. The lowest BCUT2D eigenvalue weighted by Gasteiger charge is -2.23. The van der Waals surface area contributed by atoms with E-state index < -0.39 is 5.97 Å². The number of hydrogen-bond acceptors (Lipinski definition) is 5. The number of methoxy groups -OCH3 is 1. The molecule has 21 heavy (non-hydrogen) atoms. The van der Waals surface area contributed by atoms with Gasteiger partial charge in [0.25, 0.3) is 0 Å². The maximum absolute atomic E-state index is 11.1. The normalized spacial score (nSPS) is 24.0. The molecule has 3 rings (SSSR count). The molecular weight excluding hydrogens is 274 g/mol. The van der Waals surface area contributed by atoms with Gasteiger partial charge in [-0.05, 0) is 25.7 Å². The molecular formula is C14H21N3O4. The summed E-state index contributed by atoms with van der Waals surface area (Å²) in [6.45, 7) is 0.729. The van der Waals surface area contributed by atoms with Gasteiger partial charge in [0, 0.05) is 7.11 Å². The van der Waals surface area contributed by atoms with Crippen LogP contribution < -0.4 is 0 Å². The Morgan fingerprint density at radius 1 is 1.48 bits per heavy atom. The number of ether oxygens (including phenoxy) is 2. The number of carboxylic acid groups (broad SMARTS) is 1. The Morgan fingerprint density at radius 3 is 2.90 bits per heavy atom. The topological polar surface area (TPSA) is 86.5 Å². The minimum Gasteiger partial charge on any atom is -0.476 e. The molecule has 1 aromatic rings. The molecule has 2 heterocycles. The molecule has 1 spiro atoms. The van der Waals surface area contributed by atoms with Crippen LogP contribution in [0, 0.1) is 0 Å². The highest BCUT2D eigenvalue weighted by Gasteiger charge is 2.42. The van der Waals surface area contributed by atoms with E-state index in [1.165, 1.54) is 20.0 Å². The van der Waals surface area contributed by atoms with Crippen molar-refractivity contribution in [2.45, 2.75) is 63.4 Å². The zero-order chi connectivity index (χ0) is 14.9. The second-order valence-electron chi connectivity index (χ2n) is 5.97. The second kappa shape index (κ2) is 5.73. The van der Waals surface area contributed by atoms with Crippen molar-refractivity contribution < 1.29 is 19.4 Å². The molecule has 1 saturated carbocycles. The van der Waals surface area contributed by atoms with Gasteiger partial charge in [0.1, 0.15) is 0 Å². The van der Waals surface area contributed by atoms with E-state index in [9.17, 15) is 4.79 Å². The fraction of sp³-hybridized carbons (Fsp3) is 0.786. The van der Waals surface area contributed by atoms with Crippen molar-refractivity contribution in [3.8, 4) is 0 Å². The summed E-state index contributed by atoms with van der Waals surface area (Å²) < 4.78 is 12.9. The van der Waals surface area contributed by atoms with Crippen molar-refractivity contribution in [1.82, 2.24) is 15.0 Å². The van der Waals surface area contributed by atoms with Gasteiger partial charge in [-0.1, -0.05) is 18.1 Å². The fourth-order valence-electron chi connectivity index (χ4n) is 3.53. The minimum atomic E-state index is -1.08. The summed E-state index contributed by atoms with van der Waals surface area (Å²) in [5.41, 5.74) is 0.536. The largest absolute Gasteiger partial charge is 0.476 e. The molecule has 0 bridgehead atoms. The van der Waals surface area contributed by atoms with E-state index >= 15 is 0 Å². The molecule has 1 unspecified atom stereocenters. The Bertz CT molecular complexity index is 522. The van der Waals surface area contributed by atoms with E-state index in [0.29, 0.717) is 12.2 Å². The van der Waals surface area contributed by atoms with Crippen LogP contribution in [0.1, 0.15) is 54.7 Å². The van der Waals surface area contributed by atoms with Crippen molar-refractivity contribution in [2.75, 3.05) is 7.11 Å². The molecule has 1 aliphatic carbocycles. The van der Waals surface area contributed by atoms with E-state index in [4.69, 9.17) is 14.6 Å². The molecule has 0 radical (unpaired) electrons. The number of hydrogen-bond donors (Lipinski definition) is 1. The number of nitrogens with zero attached hydrogens (tertiary/aromatic N) is 3. The lowest BCUT2D eigenvalue weighted by atomic mass is 9.98. The van der Waals surface area contributed by atoms with E-state index in [1.807, 2.05) is 0 Å². The number of carbonyl (C=O) groups is 1. The highest BCUT2D eigenvalue weighted by molar-refractivity contribution is 5.86. The van der Waals surface area contributed by atoms with Crippen LogP contribution in [0.5, 0.6) is 0 Å². The van der Waals surface area contributed by atoms with Gasteiger partial charge >= 0.3 is 5.97 Å². The number of carboxylic acids is 1. The molecule has 0 amide bonds. The zero-order valence-corrected chi connectivity index (χ0v) is 12.2. The lowest BCUT2D eigenvalue weighted by Crippen LogP contribution is -2.27. The third-order valence-corrected chi connectivity index (χ3v) is 4.55. The maximum Gasteiger partial charge on any atom is 0.358 e. The Hall–Kier alpha value is -1.47. The van der Waals surface area contributed by atoms with Crippen LogP contribution in [-0.2, 0) is 22.6 Å². The van der Waals surface area contributed by atoms with E-state index in [1.54, 1.807) is 4.68 Å². The standard InChI is InChI=1S/C14H21N3O4/c1-20-9-11-12(13(18)19)15-16-17(11)8-10-4-7-14(21-10)5-2-3-6-14/h10H,2-9H2,1H3,(H,18,19). The summed E-state index contributed by atoms with van der Waals surface area (Å²) >= 11 is 0. The van der Waals surface area contributed by atoms with Gasteiger partial charge in [-0.3, -0.25) is 0 Å². The highest BCUT2D eigenvalue weighted by atomic mass is 16.5. The van der Waals surface area contributed by atoms with Crippen LogP contribution in [0.25, 0.3) is 0 Å². The van der Waals surface area contributed by atoms with Crippen molar-refractivity contribution in [3.05, 3.63) is 11.4 Å². The SMILES string of the molecule is COCc1c(C(=O)O)nnn1CC1CCC2(CCCC2)O1.